The molecule has 0 radical (unpaired) electrons. The van der Waals surface area contributed by atoms with Gasteiger partial charge in [0.2, 0.25) is 5.91 Å². The van der Waals surface area contributed by atoms with Crippen molar-refractivity contribution in [2.75, 3.05) is 37.6 Å². The maximum atomic E-state index is 13.4. The van der Waals surface area contributed by atoms with Crippen LogP contribution in [0.3, 0.4) is 0 Å². The minimum absolute atomic E-state index is 0.0937. The molecule has 0 bridgehead atoms. The molecule has 2 aromatic rings. The average Bonchev–Trinajstić information content (AvgIpc) is 3.16. The zero-order valence-corrected chi connectivity index (χ0v) is 19.2. The first kappa shape index (κ1) is 22.0. The maximum Gasteiger partial charge on any atom is 0.231 e. The number of halogens is 1. The van der Waals surface area contributed by atoms with Crippen molar-refractivity contribution in [1.82, 2.24) is 20.2 Å². The second-order valence-electron chi connectivity index (χ2n) is 8.49. The van der Waals surface area contributed by atoms with Gasteiger partial charge in [-0.2, -0.15) is 0 Å². The first-order valence-corrected chi connectivity index (χ1v) is 12.0. The molecule has 166 valence electrons. The SMILES string of the molecule is CC(C)NCC(C(=O)N1CCN(c2ncnc3c2[C@H](C)SC3)CC1)c1ccc(F)cc1. The summed E-state index contributed by atoms with van der Waals surface area (Å²) in [6, 6.07) is 6.57. The summed E-state index contributed by atoms with van der Waals surface area (Å²) in [5, 5.41) is 3.77. The Hall–Kier alpha value is -2.19. The normalized spacial score (nSPS) is 19.6. The highest BCUT2D eigenvalue weighted by Gasteiger charge is 2.32. The highest BCUT2D eigenvalue weighted by molar-refractivity contribution is 7.99. The molecular weight excluding hydrogens is 413 g/mol. The highest BCUT2D eigenvalue weighted by atomic mass is 32.2. The summed E-state index contributed by atoms with van der Waals surface area (Å²) >= 11 is 1.89. The van der Waals surface area contributed by atoms with Crippen LogP contribution in [0.1, 0.15) is 48.8 Å². The number of piperazine rings is 1. The summed E-state index contributed by atoms with van der Waals surface area (Å²) in [6.07, 6.45) is 1.66. The third-order valence-electron chi connectivity index (χ3n) is 6.01. The molecule has 1 saturated heterocycles. The van der Waals surface area contributed by atoms with Crippen molar-refractivity contribution in [3.05, 3.63) is 53.2 Å². The fourth-order valence-corrected chi connectivity index (χ4v) is 5.29. The number of aromatic nitrogens is 2. The Labute approximate surface area is 187 Å². The van der Waals surface area contributed by atoms with Gasteiger partial charge < -0.3 is 15.1 Å². The van der Waals surface area contributed by atoms with Gasteiger partial charge in [0.1, 0.15) is 18.0 Å². The van der Waals surface area contributed by atoms with E-state index in [2.05, 4.69) is 41.0 Å². The third kappa shape index (κ3) is 4.85. The van der Waals surface area contributed by atoms with Gasteiger partial charge in [0.25, 0.3) is 0 Å². The standard InChI is InChI=1S/C23H30FN5OS/c1-15(2)25-12-19(17-4-6-18(24)7-5-17)23(30)29-10-8-28(9-11-29)22-21-16(3)31-13-20(21)26-14-27-22/h4-7,14-16,19,25H,8-13H2,1-3H3/t16-,19?/m0/s1. The van der Waals surface area contributed by atoms with E-state index in [4.69, 9.17) is 0 Å². The fourth-order valence-electron chi connectivity index (χ4n) is 4.25. The van der Waals surface area contributed by atoms with Crippen LogP contribution in [0.25, 0.3) is 0 Å². The number of anilines is 1. The van der Waals surface area contributed by atoms with Crippen LogP contribution in [0.5, 0.6) is 0 Å². The molecule has 8 heteroatoms. The van der Waals surface area contributed by atoms with Gasteiger partial charge in [-0.15, -0.1) is 11.8 Å². The van der Waals surface area contributed by atoms with E-state index < -0.39 is 0 Å². The van der Waals surface area contributed by atoms with Gasteiger partial charge in [0, 0.05) is 55.3 Å². The predicted molar refractivity (Wildman–Crippen MR) is 123 cm³/mol. The Morgan fingerprint density at radius 1 is 1.19 bits per heavy atom. The molecule has 1 fully saturated rings. The van der Waals surface area contributed by atoms with Crippen LogP contribution in [0.15, 0.2) is 30.6 Å². The number of hydrogen-bond donors (Lipinski definition) is 1. The molecule has 0 spiro atoms. The van der Waals surface area contributed by atoms with Crippen LogP contribution in [-0.2, 0) is 10.5 Å². The number of thioether (sulfide) groups is 1. The maximum absolute atomic E-state index is 13.4. The van der Waals surface area contributed by atoms with E-state index in [1.807, 2.05) is 16.7 Å². The second-order valence-corrected chi connectivity index (χ2v) is 9.82. The van der Waals surface area contributed by atoms with Crippen LogP contribution in [-0.4, -0.2) is 59.5 Å². The molecule has 1 unspecified atom stereocenters. The van der Waals surface area contributed by atoms with Crippen LogP contribution >= 0.6 is 11.8 Å². The molecule has 2 aliphatic rings. The van der Waals surface area contributed by atoms with Crippen LogP contribution < -0.4 is 10.2 Å². The monoisotopic (exact) mass is 443 g/mol. The van der Waals surface area contributed by atoms with E-state index in [0.29, 0.717) is 24.9 Å². The van der Waals surface area contributed by atoms with Crippen LogP contribution in [0.4, 0.5) is 10.2 Å². The van der Waals surface area contributed by atoms with E-state index in [1.165, 1.54) is 17.7 Å². The quantitative estimate of drug-likeness (QED) is 0.739. The number of benzene rings is 1. The lowest BCUT2D eigenvalue weighted by atomic mass is 9.96. The lowest BCUT2D eigenvalue weighted by Gasteiger charge is -2.38. The topological polar surface area (TPSA) is 61.4 Å². The highest BCUT2D eigenvalue weighted by Crippen LogP contribution is 2.44. The Balaban J connectivity index is 1.46. The number of nitrogens with zero attached hydrogens (tertiary/aromatic N) is 4. The molecule has 2 aliphatic heterocycles. The molecule has 31 heavy (non-hydrogen) atoms. The number of fused-ring (bicyclic) bond motifs is 1. The van der Waals surface area contributed by atoms with E-state index in [9.17, 15) is 9.18 Å². The van der Waals surface area contributed by atoms with Crippen LogP contribution in [0.2, 0.25) is 0 Å². The second kappa shape index (κ2) is 9.53. The number of carbonyl (C=O) groups is 1. The van der Waals surface area contributed by atoms with Crippen LogP contribution in [0, 0.1) is 5.82 Å². The molecule has 0 aliphatic carbocycles. The van der Waals surface area contributed by atoms with E-state index in [-0.39, 0.29) is 23.7 Å². The first-order valence-electron chi connectivity index (χ1n) is 10.9. The number of nitrogens with one attached hydrogen (secondary N) is 1. The molecule has 0 saturated carbocycles. The largest absolute Gasteiger partial charge is 0.353 e. The molecule has 6 nitrogen and oxygen atoms in total. The van der Waals surface area contributed by atoms with Crippen molar-refractivity contribution >= 4 is 23.5 Å². The Morgan fingerprint density at radius 2 is 1.90 bits per heavy atom. The third-order valence-corrected chi connectivity index (χ3v) is 7.19. The minimum Gasteiger partial charge on any atom is -0.353 e. The summed E-state index contributed by atoms with van der Waals surface area (Å²) in [7, 11) is 0. The Bertz CT molecular complexity index is 915. The van der Waals surface area contributed by atoms with Crippen molar-refractivity contribution < 1.29 is 9.18 Å². The van der Waals surface area contributed by atoms with Crippen molar-refractivity contribution in [2.24, 2.45) is 0 Å². The van der Waals surface area contributed by atoms with Gasteiger partial charge in [0.05, 0.1) is 11.6 Å². The number of carbonyl (C=O) groups excluding carboxylic acids is 1. The summed E-state index contributed by atoms with van der Waals surface area (Å²) < 4.78 is 13.4. The molecular formula is C23H30FN5OS. The van der Waals surface area contributed by atoms with E-state index in [0.717, 1.165) is 35.9 Å². The summed E-state index contributed by atoms with van der Waals surface area (Å²) in [5.41, 5.74) is 3.23. The van der Waals surface area contributed by atoms with Gasteiger partial charge in [-0.25, -0.2) is 14.4 Å². The van der Waals surface area contributed by atoms with Gasteiger partial charge in [-0.05, 0) is 24.6 Å². The molecule has 3 heterocycles. The lowest BCUT2D eigenvalue weighted by Crippen LogP contribution is -2.51. The molecule has 1 N–H and O–H groups in total. The number of rotatable bonds is 6. The molecule has 1 aromatic carbocycles. The lowest BCUT2D eigenvalue weighted by molar-refractivity contribution is -0.133. The Kier molecular flexibility index (Phi) is 6.77. The molecule has 1 amide bonds. The average molecular weight is 444 g/mol. The minimum atomic E-state index is -0.325. The van der Waals surface area contributed by atoms with Gasteiger partial charge in [-0.3, -0.25) is 4.79 Å². The smallest absolute Gasteiger partial charge is 0.231 e. The predicted octanol–water partition coefficient (Wildman–Crippen LogP) is 3.35. The first-order chi connectivity index (χ1) is 14.9. The fraction of sp³-hybridized carbons (Fsp3) is 0.522. The van der Waals surface area contributed by atoms with Crippen molar-refractivity contribution in [2.45, 2.75) is 43.7 Å². The van der Waals surface area contributed by atoms with Crippen molar-refractivity contribution in [3.63, 3.8) is 0 Å². The van der Waals surface area contributed by atoms with Crippen molar-refractivity contribution in [1.29, 1.82) is 0 Å². The Morgan fingerprint density at radius 3 is 2.58 bits per heavy atom. The molecule has 2 atom stereocenters. The van der Waals surface area contributed by atoms with Crippen molar-refractivity contribution in [3.8, 4) is 0 Å². The zero-order valence-electron chi connectivity index (χ0n) is 18.3. The van der Waals surface area contributed by atoms with Gasteiger partial charge in [-0.1, -0.05) is 26.0 Å². The summed E-state index contributed by atoms with van der Waals surface area (Å²) in [5.74, 6) is 1.44. The molecule has 4 rings (SSSR count). The summed E-state index contributed by atoms with van der Waals surface area (Å²) in [4.78, 5) is 26.7. The number of amides is 1. The van der Waals surface area contributed by atoms with Gasteiger partial charge in [0.15, 0.2) is 0 Å². The van der Waals surface area contributed by atoms with E-state index in [1.54, 1.807) is 18.5 Å². The zero-order chi connectivity index (χ0) is 22.0. The number of hydrogen-bond acceptors (Lipinski definition) is 6. The summed E-state index contributed by atoms with van der Waals surface area (Å²) in [6.45, 7) is 9.67. The molecule has 1 aromatic heterocycles. The van der Waals surface area contributed by atoms with Gasteiger partial charge >= 0.3 is 0 Å². The van der Waals surface area contributed by atoms with E-state index >= 15 is 0 Å².